The van der Waals surface area contributed by atoms with Gasteiger partial charge in [-0.3, -0.25) is 9.79 Å². The van der Waals surface area contributed by atoms with E-state index in [1.165, 1.54) is 13.0 Å². The minimum absolute atomic E-state index is 0.0462. The van der Waals surface area contributed by atoms with Gasteiger partial charge in [-0.25, -0.2) is 0 Å². The van der Waals surface area contributed by atoms with Crippen molar-refractivity contribution in [1.29, 1.82) is 0 Å². The van der Waals surface area contributed by atoms with Crippen LogP contribution in [0.5, 0.6) is 0 Å². The van der Waals surface area contributed by atoms with Gasteiger partial charge in [0.1, 0.15) is 0 Å². The summed E-state index contributed by atoms with van der Waals surface area (Å²) in [4.78, 5) is 13.8. The number of carbonyl (C=O) groups excluding carboxylic acids is 1. The van der Waals surface area contributed by atoms with Gasteiger partial charge in [-0.2, -0.15) is 0 Å². The minimum Gasteiger partial charge on any atom is -0.297 e. The molecule has 0 aromatic rings. The van der Waals surface area contributed by atoms with Gasteiger partial charge >= 0.3 is 0 Å². The lowest BCUT2D eigenvalue weighted by Crippen LogP contribution is -1.78. The van der Waals surface area contributed by atoms with Gasteiger partial charge in [-0.15, -0.1) is 0 Å². The lowest BCUT2D eigenvalue weighted by Gasteiger charge is -1.71. The maximum Gasteiger partial charge on any atom is 0.152 e. The highest BCUT2D eigenvalue weighted by atomic mass is 16.1. The average molecular weight is 111 g/mol. The molecule has 0 unspecified atom stereocenters. The highest BCUT2D eigenvalue weighted by molar-refractivity contribution is 5.91. The summed E-state index contributed by atoms with van der Waals surface area (Å²) in [7, 11) is 1.66. The van der Waals surface area contributed by atoms with E-state index in [-0.39, 0.29) is 5.78 Å². The zero-order valence-corrected chi connectivity index (χ0v) is 5.09. The number of aliphatic imine (C=N–C) groups is 1. The van der Waals surface area contributed by atoms with Crippen molar-refractivity contribution in [1.82, 2.24) is 0 Å². The maximum atomic E-state index is 10.2. The molecule has 0 rings (SSSR count). The van der Waals surface area contributed by atoms with Gasteiger partial charge in [0.2, 0.25) is 0 Å². The van der Waals surface area contributed by atoms with E-state index in [1.807, 2.05) is 0 Å². The highest BCUT2D eigenvalue weighted by Crippen LogP contribution is 1.70. The first-order valence-electron chi connectivity index (χ1n) is 2.36. The minimum atomic E-state index is 0.0462. The van der Waals surface area contributed by atoms with Crippen LogP contribution in [0.1, 0.15) is 6.92 Å². The van der Waals surface area contributed by atoms with Crippen LogP contribution in [0.25, 0.3) is 0 Å². The van der Waals surface area contributed by atoms with Crippen LogP contribution >= 0.6 is 0 Å². The Morgan fingerprint density at radius 3 is 2.62 bits per heavy atom. The van der Waals surface area contributed by atoms with E-state index in [2.05, 4.69) is 4.99 Å². The maximum absolute atomic E-state index is 10.2. The number of rotatable bonds is 2. The Morgan fingerprint density at radius 2 is 2.25 bits per heavy atom. The number of carbonyl (C=O) groups is 1. The molecular formula is C6H9NO. The van der Waals surface area contributed by atoms with E-state index in [1.54, 1.807) is 19.3 Å². The summed E-state index contributed by atoms with van der Waals surface area (Å²) in [5.74, 6) is 0.0462. The van der Waals surface area contributed by atoms with Gasteiger partial charge < -0.3 is 0 Å². The van der Waals surface area contributed by atoms with E-state index in [0.717, 1.165) is 0 Å². The third kappa shape index (κ3) is 5.08. The van der Waals surface area contributed by atoms with Crippen molar-refractivity contribution < 1.29 is 4.79 Å². The molecule has 8 heavy (non-hydrogen) atoms. The molecule has 2 heteroatoms. The van der Waals surface area contributed by atoms with Crippen molar-refractivity contribution in [3.63, 3.8) is 0 Å². The summed E-state index contributed by atoms with van der Waals surface area (Å²) in [5, 5.41) is 0. The number of hydrogen-bond acceptors (Lipinski definition) is 2. The largest absolute Gasteiger partial charge is 0.297 e. The zero-order valence-electron chi connectivity index (χ0n) is 5.09. The van der Waals surface area contributed by atoms with Crippen LogP contribution in [0.15, 0.2) is 17.1 Å². The van der Waals surface area contributed by atoms with Crippen molar-refractivity contribution in [2.24, 2.45) is 4.99 Å². The molecule has 44 valence electrons. The smallest absolute Gasteiger partial charge is 0.152 e. The normalized spacial score (nSPS) is 11.2. The van der Waals surface area contributed by atoms with E-state index in [4.69, 9.17) is 0 Å². The summed E-state index contributed by atoms with van der Waals surface area (Å²) in [6.45, 7) is 1.50. The first-order chi connectivity index (χ1) is 3.77. The first-order valence-corrected chi connectivity index (χ1v) is 2.36. The molecule has 0 heterocycles. The Labute approximate surface area is 48.9 Å². The Balaban J connectivity index is 3.50. The highest BCUT2D eigenvalue weighted by Gasteiger charge is 1.75. The first kappa shape index (κ1) is 7.08. The fourth-order valence-electron chi connectivity index (χ4n) is 0.265. The summed E-state index contributed by atoms with van der Waals surface area (Å²) >= 11 is 0. The van der Waals surface area contributed by atoms with E-state index < -0.39 is 0 Å². The predicted octanol–water partition coefficient (Wildman–Crippen LogP) is 0.832. The monoisotopic (exact) mass is 111 g/mol. The van der Waals surface area contributed by atoms with Gasteiger partial charge in [0, 0.05) is 13.3 Å². The van der Waals surface area contributed by atoms with Crippen LogP contribution in [0.3, 0.4) is 0 Å². The van der Waals surface area contributed by atoms with E-state index in [9.17, 15) is 4.79 Å². The number of nitrogens with zero attached hydrogens (tertiary/aromatic N) is 1. The molecule has 0 spiro atoms. The Morgan fingerprint density at radius 1 is 1.62 bits per heavy atom. The molecule has 0 radical (unpaired) electrons. The lowest BCUT2D eigenvalue weighted by molar-refractivity contribution is -0.112. The zero-order chi connectivity index (χ0) is 6.41. The Bertz CT molecular complexity index is 124. The molecule has 0 atom stereocenters. The van der Waals surface area contributed by atoms with Crippen LogP contribution in [0.4, 0.5) is 0 Å². The average Bonchev–Trinajstić information content (AvgIpc) is 1.66. The molecule has 0 fully saturated rings. The van der Waals surface area contributed by atoms with Crippen LogP contribution in [0.2, 0.25) is 0 Å². The second-order valence-corrected chi connectivity index (χ2v) is 1.38. The Hall–Kier alpha value is -0.920. The second-order valence-electron chi connectivity index (χ2n) is 1.38. The molecule has 0 aromatic carbocycles. The van der Waals surface area contributed by atoms with Crippen molar-refractivity contribution in [2.75, 3.05) is 7.05 Å². The quantitative estimate of drug-likeness (QED) is 0.383. The van der Waals surface area contributed by atoms with Crippen molar-refractivity contribution in [3.8, 4) is 0 Å². The van der Waals surface area contributed by atoms with E-state index >= 15 is 0 Å². The summed E-state index contributed by atoms with van der Waals surface area (Å²) < 4.78 is 0. The summed E-state index contributed by atoms with van der Waals surface area (Å²) in [6, 6.07) is 0. The molecule has 0 saturated heterocycles. The fourth-order valence-corrected chi connectivity index (χ4v) is 0.265. The lowest BCUT2D eigenvalue weighted by atomic mass is 10.4. The Kier molecular flexibility index (Phi) is 3.76. The SMILES string of the molecule is C/N=C/C=C\C(C)=O. The molecule has 0 bridgehead atoms. The van der Waals surface area contributed by atoms with Gasteiger partial charge in [-0.1, -0.05) is 0 Å². The molecular weight excluding hydrogens is 102 g/mol. The standard InChI is InChI=1S/C6H9NO/c1-6(8)4-3-5-7-2/h3-5H,1-2H3/b4-3-,7-5+. The van der Waals surface area contributed by atoms with Crippen molar-refractivity contribution in [2.45, 2.75) is 6.92 Å². The molecule has 2 nitrogen and oxygen atoms in total. The molecule has 0 amide bonds. The van der Waals surface area contributed by atoms with Gasteiger partial charge in [0.25, 0.3) is 0 Å². The van der Waals surface area contributed by atoms with Crippen molar-refractivity contribution in [3.05, 3.63) is 12.2 Å². The molecule has 0 aliphatic carbocycles. The van der Waals surface area contributed by atoms with Crippen LogP contribution in [0, 0.1) is 0 Å². The molecule has 0 saturated carbocycles. The van der Waals surface area contributed by atoms with Crippen molar-refractivity contribution >= 4 is 12.0 Å². The summed E-state index contributed by atoms with van der Waals surface area (Å²) in [6.07, 6.45) is 4.65. The third-order valence-corrected chi connectivity index (χ3v) is 0.566. The van der Waals surface area contributed by atoms with Crippen LogP contribution in [-0.4, -0.2) is 19.0 Å². The predicted molar refractivity (Wildman–Crippen MR) is 34.2 cm³/mol. The fraction of sp³-hybridized carbons (Fsp3) is 0.333. The molecule has 0 N–H and O–H groups in total. The van der Waals surface area contributed by atoms with E-state index in [0.29, 0.717) is 0 Å². The van der Waals surface area contributed by atoms with Crippen LogP contribution < -0.4 is 0 Å². The van der Waals surface area contributed by atoms with Gasteiger partial charge in [0.05, 0.1) is 0 Å². The number of allylic oxidation sites excluding steroid dienone is 2. The molecule has 0 aliphatic heterocycles. The number of hydrogen-bond donors (Lipinski definition) is 0. The summed E-state index contributed by atoms with van der Waals surface area (Å²) in [5.41, 5.74) is 0. The number of ketones is 1. The van der Waals surface area contributed by atoms with Crippen LogP contribution in [-0.2, 0) is 4.79 Å². The van der Waals surface area contributed by atoms with Gasteiger partial charge in [-0.05, 0) is 19.1 Å². The third-order valence-electron chi connectivity index (χ3n) is 0.566. The topological polar surface area (TPSA) is 29.4 Å². The molecule has 0 aliphatic rings. The molecule has 0 aromatic heterocycles. The second kappa shape index (κ2) is 4.24. The van der Waals surface area contributed by atoms with Gasteiger partial charge in [0.15, 0.2) is 5.78 Å².